The Labute approximate surface area is 80.4 Å². The van der Waals surface area contributed by atoms with Gasteiger partial charge in [0.05, 0.1) is 0 Å². The van der Waals surface area contributed by atoms with Crippen molar-refractivity contribution in [1.82, 2.24) is 4.34 Å². The number of hydrogen-bond acceptors (Lipinski definition) is 1. The normalized spacial score (nSPS) is 14.5. The van der Waals surface area contributed by atoms with E-state index in [0.29, 0.717) is 5.54 Å². The van der Waals surface area contributed by atoms with Crippen molar-refractivity contribution in [3.63, 3.8) is 0 Å². The lowest BCUT2D eigenvalue weighted by Crippen LogP contribution is -2.52. The van der Waals surface area contributed by atoms with Crippen LogP contribution in [0.3, 0.4) is 0 Å². The maximum atomic E-state index is 2.75. The topological polar surface area (TPSA) is 3.24 Å². The van der Waals surface area contributed by atoms with Gasteiger partial charge in [-0.15, -0.1) is 0 Å². The lowest BCUT2D eigenvalue weighted by Gasteiger charge is -2.47. The molecule has 0 amide bonds. The van der Waals surface area contributed by atoms with E-state index in [1.165, 1.54) is 0 Å². The van der Waals surface area contributed by atoms with Gasteiger partial charge in [0.1, 0.15) is 8.24 Å². The predicted octanol–water partition coefficient (Wildman–Crippen LogP) is 3.58. The average Bonchev–Trinajstić information content (AvgIpc) is 1.49. The Kier molecular flexibility index (Phi) is 3.96. The van der Waals surface area contributed by atoms with Crippen LogP contribution in [0.15, 0.2) is 0 Å². The molecule has 0 unspecified atom stereocenters. The van der Waals surface area contributed by atoms with E-state index in [0.717, 1.165) is 0 Å². The fraction of sp³-hybridized carbons (Fsp3) is 1.00. The lowest BCUT2D eigenvalue weighted by molar-refractivity contribution is 0.372. The summed E-state index contributed by atoms with van der Waals surface area (Å²) < 4.78 is 2.75. The van der Waals surface area contributed by atoms with Crippen LogP contribution in [0.25, 0.3) is 0 Å². The summed E-state index contributed by atoms with van der Waals surface area (Å²) in [5.41, 5.74) is 0.347. The standard InChI is InChI=1S/C9H24NPSi/c1-9(2,3)10(11(4)5)12(6,7)8/h1-8H3. The number of nitrogens with zero attached hydrogens (tertiary/aromatic N) is 1. The largest absolute Gasteiger partial charge is 0.299 e. The Hall–Kier alpha value is 0.607. The molecule has 0 aliphatic rings. The van der Waals surface area contributed by atoms with E-state index in [4.69, 9.17) is 0 Å². The summed E-state index contributed by atoms with van der Waals surface area (Å²) in [5.74, 6) is 0. The molecule has 0 saturated heterocycles. The van der Waals surface area contributed by atoms with Gasteiger partial charge >= 0.3 is 0 Å². The summed E-state index contributed by atoms with van der Waals surface area (Å²) >= 11 is 0. The van der Waals surface area contributed by atoms with Crippen LogP contribution < -0.4 is 0 Å². The Morgan fingerprint density at radius 1 is 1.00 bits per heavy atom. The molecular weight excluding hydrogens is 181 g/mol. The molecule has 0 fully saturated rings. The van der Waals surface area contributed by atoms with Gasteiger partial charge in [0, 0.05) is 5.54 Å². The fourth-order valence-corrected chi connectivity index (χ4v) is 10.2. The summed E-state index contributed by atoms with van der Waals surface area (Å²) in [7, 11) is -1.07. The first kappa shape index (κ1) is 12.6. The van der Waals surface area contributed by atoms with Crippen LogP contribution in [0.2, 0.25) is 19.6 Å². The van der Waals surface area contributed by atoms with E-state index < -0.39 is 8.24 Å². The highest BCUT2D eigenvalue weighted by molar-refractivity contribution is 7.55. The second-order valence-electron chi connectivity index (χ2n) is 5.50. The van der Waals surface area contributed by atoms with Gasteiger partial charge in [-0.25, -0.2) is 0 Å². The summed E-state index contributed by atoms with van der Waals surface area (Å²) in [6.07, 6.45) is 0. The van der Waals surface area contributed by atoms with Crippen molar-refractivity contribution in [3.8, 4) is 0 Å². The van der Waals surface area contributed by atoms with Crippen LogP contribution in [0.5, 0.6) is 0 Å². The molecule has 0 aromatic rings. The first-order chi connectivity index (χ1) is 5.07. The summed E-state index contributed by atoms with van der Waals surface area (Å²) in [6.45, 7) is 19.0. The number of hydrogen-bond donors (Lipinski definition) is 0. The minimum Gasteiger partial charge on any atom is -0.299 e. The lowest BCUT2D eigenvalue weighted by atomic mass is 10.1. The molecule has 0 aliphatic heterocycles. The third-order valence-corrected chi connectivity index (χ3v) is 8.01. The van der Waals surface area contributed by atoms with E-state index in [1.54, 1.807) is 0 Å². The van der Waals surface area contributed by atoms with Gasteiger partial charge in [0.2, 0.25) is 0 Å². The molecule has 12 heavy (non-hydrogen) atoms. The molecule has 0 bridgehead atoms. The van der Waals surface area contributed by atoms with Gasteiger partial charge < -0.3 is 0 Å². The van der Waals surface area contributed by atoms with E-state index in [2.05, 4.69) is 58.1 Å². The van der Waals surface area contributed by atoms with Gasteiger partial charge in [-0.3, -0.25) is 4.34 Å². The van der Waals surface area contributed by atoms with Gasteiger partial charge in [0.15, 0.2) is 0 Å². The summed E-state index contributed by atoms with van der Waals surface area (Å²) in [5, 5.41) is 0. The third-order valence-electron chi connectivity index (χ3n) is 1.67. The average molecular weight is 205 g/mol. The Morgan fingerprint density at radius 2 is 1.33 bits per heavy atom. The summed E-state index contributed by atoms with van der Waals surface area (Å²) in [4.78, 5) is 0. The fourth-order valence-electron chi connectivity index (χ4n) is 2.21. The van der Waals surface area contributed by atoms with E-state index in [1.807, 2.05) is 0 Å². The van der Waals surface area contributed by atoms with Crippen LogP contribution >= 0.6 is 8.07 Å². The van der Waals surface area contributed by atoms with Gasteiger partial charge in [-0.1, -0.05) is 19.6 Å². The number of rotatable bonds is 2. The van der Waals surface area contributed by atoms with Crippen molar-refractivity contribution < 1.29 is 0 Å². The van der Waals surface area contributed by atoms with Crippen molar-refractivity contribution in [2.75, 3.05) is 13.3 Å². The molecule has 74 valence electrons. The van der Waals surface area contributed by atoms with Crippen LogP contribution in [0.4, 0.5) is 0 Å². The van der Waals surface area contributed by atoms with Crippen LogP contribution in [-0.2, 0) is 0 Å². The molecule has 0 N–H and O–H groups in total. The molecule has 0 aromatic carbocycles. The molecule has 0 saturated carbocycles. The molecular formula is C9H24NPSi. The molecule has 3 heteroatoms. The Morgan fingerprint density at radius 3 is 1.33 bits per heavy atom. The monoisotopic (exact) mass is 205 g/mol. The Balaban J connectivity index is 4.70. The molecule has 0 aliphatic carbocycles. The van der Waals surface area contributed by atoms with E-state index in [-0.39, 0.29) is 8.07 Å². The zero-order valence-electron chi connectivity index (χ0n) is 9.89. The SMILES string of the molecule is CP(C)N(C(C)(C)C)[Si](C)(C)C. The maximum Gasteiger partial charge on any atom is 0.124 e. The second kappa shape index (κ2) is 3.77. The zero-order valence-corrected chi connectivity index (χ0v) is 11.8. The van der Waals surface area contributed by atoms with Gasteiger partial charge in [-0.2, -0.15) is 0 Å². The highest BCUT2D eigenvalue weighted by atomic mass is 31.1. The van der Waals surface area contributed by atoms with E-state index >= 15 is 0 Å². The zero-order chi connectivity index (χ0) is 10.2. The molecule has 0 heterocycles. The smallest absolute Gasteiger partial charge is 0.124 e. The Bertz CT molecular complexity index is 130. The minimum atomic E-state index is -1.12. The summed E-state index contributed by atoms with van der Waals surface area (Å²) in [6, 6.07) is 0. The molecule has 0 aromatic heterocycles. The van der Waals surface area contributed by atoms with Gasteiger partial charge in [0.25, 0.3) is 0 Å². The van der Waals surface area contributed by atoms with Crippen molar-refractivity contribution in [2.24, 2.45) is 0 Å². The highest BCUT2D eigenvalue weighted by Gasteiger charge is 2.34. The first-order valence-corrected chi connectivity index (χ1v) is 10.2. The van der Waals surface area contributed by atoms with Crippen LogP contribution in [0.1, 0.15) is 20.8 Å². The van der Waals surface area contributed by atoms with Crippen LogP contribution in [0, 0.1) is 0 Å². The molecule has 0 radical (unpaired) electrons. The van der Waals surface area contributed by atoms with Crippen molar-refractivity contribution in [1.29, 1.82) is 0 Å². The maximum absolute atomic E-state index is 2.75. The molecule has 0 rings (SSSR count). The van der Waals surface area contributed by atoms with Crippen molar-refractivity contribution >= 4 is 16.3 Å². The second-order valence-corrected chi connectivity index (χ2v) is 12.8. The highest BCUT2D eigenvalue weighted by Crippen LogP contribution is 2.42. The minimum absolute atomic E-state index is 0.0550. The predicted molar refractivity (Wildman–Crippen MR) is 63.7 cm³/mol. The molecule has 0 atom stereocenters. The van der Waals surface area contributed by atoms with Gasteiger partial charge in [-0.05, 0) is 42.2 Å². The molecule has 1 nitrogen and oxygen atoms in total. The van der Waals surface area contributed by atoms with Crippen molar-refractivity contribution in [3.05, 3.63) is 0 Å². The first-order valence-electron chi connectivity index (χ1n) is 4.54. The quantitative estimate of drug-likeness (QED) is 0.492. The third kappa shape index (κ3) is 3.55. The molecule has 0 spiro atoms. The van der Waals surface area contributed by atoms with Crippen LogP contribution in [-0.4, -0.2) is 31.4 Å². The van der Waals surface area contributed by atoms with E-state index in [9.17, 15) is 0 Å². The van der Waals surface area contributed by atoms with Crippen molar-refractivity contribution in [2.45, 2.75) is 46.0 Å².